The van der Waals surface area contributed by atoms with Crippen molar-refractivity contribution in [1.29, 1.82) is 0 Å². The number of carbonyl (C=O) groups excluding carboxylic acids is 4. The Morgan fingerprint density at radius 3 is 1.62 bits per heavy atom. The predicted molar refractivity (Wildman–Crippen MR) is 224 cm³/mol. The zero-order chi connectivity index (χ0) is 43.5. The third-order valence-electron chi connectivity index (χ3n) is 10.8. The summed E-state index contributed by atoms with van der Waals surface area (Å²) in [7, 11) is -1.24. The van der Waals surface area contributed by atoms with E-state index < -0.39 is 57.5 Å². The van der Waals surface area contributed by atoms with Crippen LogP contribution in [0, 0.1) is 11.8 Å². The second kappa shape index (κ2) is 18.1. The monoisotopic (exact) mass is 843 g/mol. The van der Waals surface area contributed by atoms with Crippen LogP contribution in [0.25, 0.3) is 33.6 Å². The van der Waals surface area contributed by atoms with Crippen molar-refractivity contribution in [1.82, 2.24) is 44.7 Å². The maximum absolute atomic E-state index is 13.9. The number of ether oxygens (including phenoxy) is 2. The van der Waals surface area contributed by atoms with Gasteiger partial charge in [-0.1, -0.05) is 88.4 Å². The van der Waals surface area contributed by atoms with Gasteiger partial charge in [0.25, 0.3) is 0 Å². The molecule has 17 nitrogen and oxygen atoms in total. The van der Waals surface area contributed by atoms with Crippen molar-refractivity contribution in [3.63, 3.8) is 0 Å². The van der Waals surface area contributed by atoms with Crippen LogP contribution in [0.15, 0.2) is 73.1 Å². The number of nitrogens with one attached hydrogen (secondary N) is 4. The topological polar surface area (TPSA) is 212 Å². The molecule has 2 aliphatic heterocycles. The normalized spacial score (nSPS) is 18.0. The molecule has 0 spiro atoms. The minimum atomic E-state index is -3.72. The number of hydrogen-bond donors (Lipinski definition) is 4. The number of carbonyl (C=O) groups is 4. The van der Waals surface area contributed by atoms with Gasteiger partial charge in [-0.15, -0.1) is 0 Å². The van der Waals surface area contributed by atoms with Crippen LogP contribution in [0.1, 0.15) is 65.3 Å². The van der Waals surface area contributed by atoms with Gasteiger partial charge in [-0.25, -0.2) is 28.0 Å². The van der Waals surface area contributed by atoms with E-state index in [4.69, 9.17) is 9.47 Å². The van der Waals surface area contributed by atoms with Gasteiger partial charge in [0.1, 0.15) is 35.8 Å². The highest BCUT2D eigenvalue weighted by Gasteiger charge is 2.45. The van der Waals surface area contributed by atoms with Gasteiger partial charge < -0.3 is 39.9 Å². The fourth-order valence-electron chi connectivity index (χ4n) is 7.27. The summed E-state index contributed by atoms with van der Waals surface area (Å²) in [5.41, 5.74) is 5.17. The summed E-state index contributed by atoms with van der Waals surface area (Å²) >= 11 is 0. The molecule has 4 atom stereocenters. The molecule has 4 amide bonds. The van der Waals surface area contributed by atoms with Gasteiger partial charge in [0.15, 0.2) is 0 Å². The number of imidazole rings is 2. The van der Waals surface area contributed by atoms with Crippen LogP contribution >= 0.6 is 0 Å². The lowest BCUT2D eigenvalue weighted by Crippen LogP contribution is -2.51. The molecule has 4 heterocycles. The Morgan fingerprint density at radius 2 is 1.15 bits per heavy atom. The maximum atomic E-state index is 13.9. The number of H-pyrrole nitrogens is 2. The van der Waals surface area contributed by atoms with E-state index in [9.17, 15) is 27.6 Å². The van der Waals surface area contributed by atoms with Gasteiger partial charge in [0, 0.05) is 13.1 Å². The van der Waals surface area contributed by atoms with Gasteiger partial charge in [-0.3, -0.25) is 9.59 Å². The summed E-state index contributed by atoms with van der Waals surface area (Å²) < 4.78 is 37.3. The molecule has 0 radical (unpaired) electrons. The Balaban J connectivity index is 1.16. The van der Waals surface area contributed by atoms with Crippen molar-refractivity contribution in [2.45, 2.75) is 71.0 Å². The minimum Gasteiger partial charge on any atom is -0.453 e. The average Bonchev–Trinajstić information content (AvgIpc) is 4.07. The third kappa shape index (κ3) is 9.08. The lowest BCUT2D eigenvalue weighted by Gasteiger charge is -2.29. The molecule has 2 aliphatic rings. The highest BCUT2D eigenvalue weighted by Crippen LogP contribution is 2.34. The predicted octanol–water partition coefficient (Wildman–Crippen LogP) is 5.22. The number of rotatable bonds is 13. The maximum Gasteiger partial charge on any atom is 0.407 e. The van der Waals surface area contributed by atoms with Crippen LogP contribution in [0.5, 0.6) is 0 Å². The molecule has 320 valence electrons. The first-order valence-electron chi connectivity index (χ1n) is 19.8. The Bertz CT molecular complexity index is 2320. The summed E-state index contributed by atoms with van der Waals surface area (Å²) in [6.45, 7) is 10.7. The van der Waals surface area contributed by atoms with E-state index >= 15 is 0 Å². The Kier molecular flexibility index (Phi) is 13.1. The first-order valence-corrected chi connectivity index (χ1v) is 21.3. The number of aromatic nitrogens is 4. The molecule has 0 aliphatic carbocycles. The number of nitrogens with zero attached hydrogens (tertiary/aromatic N) is 5. The van der Waals surface area contributed by atoms with Gasteiger partial charge in [0.05, 0.1) is 49.9 Å². The summed E-state index contributed by atoms with van der Waals surface area (Å²) in [4.78, 5) is 70.5. The number of sulfonamides is 1. The molecule has 2 aromatic heterocycles. The number of benzene rings is 2. The molecule has 18 heteroatoms. The van der Waals surface area contributed by atoms with Crippen molar-refractivity contribution in [2.24, 2.45) is 11.8 Å². The van der Waals surface area contributed by atoms with E-state index in [1.54, 1.807) is 45.0 Å². The van der Waals surface area contributed by atoms with E-state index in [-0.39, 0.29) is 31.0 Å². The van der Waals surface area contributed by atoms with Gasteiger partial charge >= 0.3 is 12.2 Å². The standard InChI is InChI=1S/C42H53N9O8S/c1-24(2)35(47-41(54)58-7)39(52)50-19-9-10-33(50)37-43-20-31(45-37)29-15-11-27(12-16-29)28-13-17-30(18-14-28)32-21-44-38(46-32)34-22-49(60(56,57)26(5)6)23-51(34)40(53)36(25(3)4)48-42(55)59-8/h9-18,20-21,24-26,33-36H,19,22-23H2,1-8H3,(H,43,45)(H,44,46)(H,47,54)(H,48,55)/t33-,34-,35-,36-/m0/s1. The zero-order valence-corrected chi connectivity index (χ0v) is 35.8. The van der Waals surface area contributed by atoms with Crippen LogP contribution in [-0.4, -0.2) is 118 Å². The van der Waals surface area contributed by atoms with Gasteiger partial charge in [-0.05, 0) is 47.9 Å². The summed E-state index contributed by atoms with van der Waals surface area (Å²) in [5.74, 6) is -0.107. The largest absolute Gasteiger partial charge is 0.453 e. The molecule has 4 aromatic rings. The van der Waals surface area contributed by atoms with Crippen molar-refractivity contribution in [2.75, 3.05) is 34.0 Å². The van der Waals surface area contributed by atoms with E-state index in [0.717, 1.165) is 27.9 Å². The smallest absolute Gasteiger partial charge is 0.407 e. The van der Waals surface area contributed by atoms with Gasteiger partial charge in [0.2, 0.25) is 21.8 Å². The SMILES string of the molecule is COC(=O)N[C@H](C(=O)N1CC=C[C@H]1c1ncc(-c2ccc(-c3ccc(-c4cnc([C@@H]5CN(S(=O)(=O)C(C)C)CN5C(=O)[C@@H](NC(=O)OC)C(C)C)[nH]4)cc3)cc2)[nH]1)C(C)C. The van der Waals surface area contributed by atoms with Crippen LogP contribution in [-0.2, 0) is 29.1 Å². The lowest BCUT2D eigenvalue weighted by atomic mass is 10.0. The summed E-state index contributed by atoms with van der Waals surface area (Å²) in [5, 5.41) is 4.55. The molecular formula is C42H53N9O8S. The second-order valence-electron chi connectivity index (χ2n) is 15.8. The number of alkyl carbamates (subject to hydrolysis) is 2. The lowest BCUT2D eigenvalue weighted by molar-refractivity contribution is -0.136. The van der Waals surface area contributed by atoms with Gasteiger partial charge in [-0.2, -0.15) is 4.31 Å². The van der Waals surface area contributed by atoms with E-state index in [2.05, 4.69) is 30.6 Å². The fourth-order valence-corrected chi connectivity index (χ4v) is 8.50. The van der Waals surface area contributed by atoms with Crippen molar-refractivity contribution < 1.29 is 37.1 Å². The number of hydrogen-bond acceptors (Lipinski definition) is 10. The molecule has 0 bridgehead atoms. The molecule has 4 N–H and O–H groups in total. The fraction of sp³-hybridized carbons (Fsp3) is 0.429. The molecule has 1 fully saturated rings. The van der Waals surface area contributed by atoms with Crippen LogP contribution in [0.4, 0.5) is 9.59 Å². The van der Waals surface area contributed by atoms with E-state index in [1.165, 1.54) is 23.4 Å². The van der Waals surface area contributed by atoms with Crippen molar-refractivity contribution >= 4 is 34.0 Å². The molecule has 0 saturated carbocycles. The number of methoxy groups -OCH3 is 2. The molecular weight excluding hydrogens is 791 g/mol. The van der Waals surface area contributed by atoms with Crippen molar-refractivity contribution in [3.8, 4) is 33.6 Å². The Hall–Kier alpha value is -6.01. The van der Waals surface area contributed by atoms with Crippen LogP contribution < -0.4 is 10.6 Å². The quantitative estimate of drug-likeness (QED) is 0.129. The van der Waals surface area contributed by atoms with Crippen LogP contribution in [0.3, 0.4) is 0 Å². The number of amides is 4. The second-order valence-corrected chi connectivity index (χ2v) is 18.3. The first-order chi connectivity index (χ1) is 28.5. The highest BCUT2D eigenvalue weighted by atomic mass is 32.2. The van der Waals surface area contributed by atoms with Crippen LogP contribution in [0.2, 0.25) is 0 Å². The summed E-state index contributed by atoms with van der Waals surface area (Å²) in [6, 6.07) is 13.1. The number of aromatic amines is 2. The molecule has 6 rings (SSSR count). The molecule has 60 heavy (non-hydrogen) atoms. The van der Waals surface area contributed by atoms with E-state index in [1.807, 2.05) is 74.5 Å². The molecule has 1 saturated heterocycles. The molecule has 0 unspecified atom stereocenters. The van der Waals surface area contributed by atoms with E-state index in [0.29, 0.717) is 23.9 Å². The minimum absolute atomic E-state index is 0.00169. The molecule has 2 aromatic carbocycles. The summed E-state index contributed by atoms with van der Waals surface area (Å²) in [6.07, 6.45) is 5.80. The average molecular weight is 844 g/mol. The highest BCUT2D eigenvalue weighted by molar-refractivity contribution is 7.89. The van der Waals surface area contributed by atoms with Crippen molar-refractivity contribution in [3.05, 3.63) is 84.7 Å². The zero-order valence-electron chi connectivity index (χ0n) is 35.0. The first kappa shape index (κ1) is 43.6. The Morgan fingerprint density at radius 1 is 0.700 bits per heavy atom. The Labute approximate surface area is 350 Å². The third-order valence-corrected chi connectivity index (χ3v) is 13.0.